The third kappa shape index (κ3) is 2.48. The maximum absolute atomic E-state index is 3.71. The van der Waals surface area contributed by atoms with E-state index < -0.39 is 0 Å². The second-order valence-corrected chi connectivity index (χ2v) is 5.16. The molecule has 2 aliphatic heterocycles. The minimum atomic E-state index is 0.866. The number of hydrogen-bond donors (Lipinski definition) is 1. The molecule has 2 heterocycles. The molecule has 2 fully saturated rings. The zero-order chi connectivity index (χ0) is 9.97. The van der Waals surface area contributed by atoms with Crippen LogP contribution in [0.3, 0.4) is 0 Å². The van der Waals surface area contributed by atoms with Crippen LogP contribution in [-0.4, -0.2) is 37.1 Å². The van der Waals surface area contributed by atoms with Crippen LogP contribution in [0.25, 0.3) is 0 Å². The van der Waals surface area contributed by atoms with Crippen LogP contribution in [0, 0.1) is 5.92 Å². The largest absolute Gasteiger partial charge is 0.311 e. The van der Waals surface area contributed by atoms with Crippen molar-refractivity contribution in [2.75, 3.05) is 20.1 Å². The van der Waals surface area contributed by atoms with Gasteiger partial charge in [0.15, 0.2) is 0 Å². The van der Waals surface area contributed by atoms with E-state index in [0.717, 1.165) is 18.0 Å². The maximum Gasteiger partial charge on any atom is 0.00728 e. The monoisotopic (exact) mass is 196 g/mol. The molecule has 0 aromatic rings. The lowest BCUT2D eigenvalue weighted by atomic mass is 9.89. The molecule has 2 bridgehead atoms. The third-order valence-electron chi connectivity index (χ3n) is 4.03. The average Bonchev–Trinajstić information content (AvgIpc) is 2.54. The highest BCUT2D eigenvalue weighted by Gasteiger charge is 2.32. The lowest BCUT2D eigenvalue weighted by Crippen LogP contribution is -2.38. The molecule has 0 saturated carbocycles. The van der Waals surface area contributed by atoms with Crippen molar-refractivity contribution in [1.82, 2.24) is 10.2 Å². The van der Waals surface area contributed by atoms with Crippen molar-refractivity contribution in [1.29, 1.82) is 0 Å². The minimum absolute atomic E-state index is 0.866. The average molecular weight is 196 g/mol. The summed E-state index contributed by atoms with van der Waals surface area (Å²) >= 11 is 0. The van der Waals surface area contributed by atoms with E-state index in [1.165, 1.54) is 45.2 Å². The molecule has 2 nitrogen and oxygen atoms in total. The Bertz CT molecular complexity index is 169. The summed E-state index contributed by atoms with van der Waals surface area (Å²) in [6, 6.07) is 1.73. The lowest BCUT2D eigenvalue weighted by molar-refractivity contribution is 0.246. The van der Waals surface area contributed by atoms with E-state index in [4.69, 9.17) is 0 Å². The smallest absolute Gasteiger partial charge is 0.00728 e. The molecule has 2 saturated heterocycles. The number of fused-ring (bicyclic) bond motifs is 2. The topological polar surface area (TPSA) is 15.3 Å². The molecule has 0 aliphatic carbocycles. The van der Waals surface area contributed by atoms with E-state index in [1.54, 1.807) is 0 Å². The van der Waals surface area contributed by atoms with Crippen molar-refractivity contribution in [2.24, 2.45) is 5.92 Å². The molecule has 1 N–H and O–H groups in total. The van der Waals surface area contributed by atoms with Gasteiger partial charge in [0.25, 0.3) is 0 Å². The molecular formula is C12H24N2. The summed E-state index contributed by atoms with van der Waals surface area (Å²) in [4.78, 5) is 2.43. The van der Waals surface area contributed by atoms with Crippen molar-refractivity contribution < 1.29 is 0 Å². The molecule has 82 valence electrons. The van der Waals surface area contributed by atoms with E-state index in [1.807, 2.05) is 0 Å². The van der Waals surface area contributed by atoms with E-state index in [9.17, 15) is 0 Å². The van der Waals surface area contributed by atoms with E-state index in [0.29, 0.717) is 0 Å². The molecule has 0 amide bonds. The number of hydrogen-bond acceptors (Lipinski definition) is 2. The fraction of sp³-hybridized carbons (Fsp3) is 1.00. The van der Waals surface area contributed by atoms with E-state index >= 15 is 0 Å². The van der Waals surface area contributed by atoms with Gasteiger partial charge in [-0.05, 0) is 58.2 Å². The zero-order valence-corrected chi connectivity index (χ0v) is 9.63. The normalized spacial score (nSPS) is 36.6. The quantitative estimate of drug-likeness (QED) is 0.738. The van der Waals surface area contributed by atoms with Crippen molar-refractivity contribution in [3.05, 3.63) is 0 Å². The van der Waals surface area contributed by atoms with Gasteiger partial charge in [-0.25, -0.2) is 0 Å². The molecule has 2 rings (SSSR count). The van der Waals surface area contributed by atoms with Crippen LogP contribution >= 0.6 is 0 Å². The number of piperidine rings is 1. The summed E-state index contributed by atoms with van der Waals surface area (Å²) in [7, 11) is 2.23. The molecule has 0 aromatic carbocycles. The Morgan fingerprint density at radius 2 is 1.86 bits per heavy atom. The first-order valence-corrected chi connectivity index (χ1v) is 6.22. The van der Waals surface area contributed by atoms with Crippen molar-refractivity contribution in [3.8, 4) is 0 Å². The Labute approximate surface area is 88.1 Å². The van der Waals surface area contributed by atoms with Crippen molar-refractivity contribution in [2.45, 2.75) is 51.1 Å². The predicted octanol–water partition coefficient (Wildman–Crippen LogP) is 1.86. The van der Waals surface area contributed by atoms with Gasteiger partial charge in [0.05, 0.1) is 0 Å². The number of nitrogens with one attached hydrogen (secondary N) is 1. The Hall–Kier alpha value is -0.0800. The Morgan fingerprint density at radius 3 is 2.43 bits per heavy atom. The minimum Gasteiger partial charge on any atom is -0.311 e. The number of nitrogens with zero attached hydrogens (tertiary/aromatic N) is 1. The predicted molar refractivity (Wildman–Crippen MR) is 60.5 cm³/mol. The maximum atomic E-state index is 3.71. The van der Waals surface area contributed by atoms with Crippen LogP contribution in [0.1, 0.15) is 39.0 Å². The van der Waals surface area contributed by atoms with Crippen LogP contribution in [0.5, 0.6) is 0 Å². The van der Waals surface area contributed by atoms with Gasteiger partial charge in [-0.15, -0.1) is 0 Å². The van der Waals surface area contributed by atoms with Crippen molar-refractivity contribution in [3.63, 3.8) is 0 Å². The Morgan fingerprint density at radius 1 is 1.21 bits per heavy atom. The standard InChI is InChI=1S/C12H24N2/c1-3-14(2)7-6-10-8-11-4-5-12(9-10)13-11/h10-13H,3-9H2,1-2H3. The summed E-state index contributed by atoms with van der Waals surface area (Å²) in [6.07, 6.45) is 7.16. The highest BCUT2D eigenvalue weighted by molar-refractivity contribution is 4.91. The molecule has 2 heteroatoms. The van der Waals surface area contributed by atoms with Crippen LogP contribution in [0.15, 0.2) is 0 Å². The molecule has 0 aromatic heterocycles. The SMILES string of the molecule is CCN(C)CCC1CC2CCC(C1)N2. The molecule has 2 atom stereocenters. The van der Waals surface area contributed by atoms with Gasteiger partial charge in [0.1, 0.15) is 0 Å². The summed E-state index contributed by atoms with van der Waals surface area (Å²) in [5, 5.41) is 3.71. The van der Waals surface area contributed by atoms with Gasteiger partial charge in [0, 0.05) is 12.1 Å². The molecule has 0 spiro atoms. The summed E-state index contributed by atoms with van der Waals surface area (Å²) in [5.74, 6) is 1.00. The fourth-order valence-corrected chi connectivity index (χ4v) is 2.97. The molecule has 0 radical (unpaired) electrons. The molecular weight excluding hydrogens is 172 g/mol. The van der Waals surface area contributed by atoms with Crippen LogP contribution < -0.4 is 5.32 Å². The van der Waals surface area contributed by atoms with Gasteiger partial charge in [0.2, 0.25) is 0 Å². The van der Waals surface area contributed by atoms with Gasteiger partial charge >= 0.3 is 0 Å². The number of rotatable bonds is 4. The van der Waals surface area contributed by atoms with Crippen LogP contribution in [0.4, 0.5) is 0 Å². The second-order valence-electron chi connectivity index (χ2n) is 5.16. The van der Waals surface area contributed by atoms with Crippen molar-refractivity contribution >= 4 is 0 Å². The fourth-order valence-electron chi connectivity index (χ4n) is 2.97. The molecule has 2 unspecified atom stereocenters. The Balaban J connectivity index is 1.71. The summed E-state index contributed by atoms with van der Waals surface area (Å²) in [6.45, 7) is 4.73. The second kappa shape index (κ2) is 4.63. The van der Waals surface area contributed by atoms with E-state index in [-0.39, 0.29) is 0 Å². The first-order valence-electron chi connectivity index (χ1n) is 6.22. The molecule has 2 aliphatic rings. The van der Waals surface area contributed by atoms with Crippen LogP contribution in [-0.2, 0) is 0 Å². The third-order valence-corrected chi connectivity index (χ3v) is 4.03. The summed E-state index contributed by atoms with van der Waals surface area (Å²) in [5.41, 5.74) is 0. The van der Waals surface area contributed by atoms with E-state index in [2.05, 4.69) is 24.2 Å². The first kappa shape index (κ1) is 10.4. The zero-order valence-electron chi connectivity index (χ0n) is 9.63. The van der Waals surface area contributed by atoms with Crippen LogP contribution in [0.2, 0.25) is 0 Å². The highest BCUT2D eigenvalue weighted by atomic mass is 15.1. The lowest BCUT2D eigenvalue weighted by Gasteiger charge is -2.30. The van der Waals surface area contributed by atoms with Gasteiger partial charge < -0.3 is 10.2 Å². The van der Waals surface area contributed by atoms with Gasteiger partial charge in [-0.2, -0.15) is 0 Å². The van der Waals surface area contributed by atoms with Gasteiger partial charge in [-0.3, -0.25) is 0 Å². The molecule has 14 heavy (non-hydrogen) atoms. The summed E-state index contributed by atoms with van der Waals surface area (Å²) < 4.78 is 0. The Kier molecular flexibility index (Phi) is 3.45. The van der Waals surface area contributed by atoms with Gasteiger partial charge in [-0.1, -0.05) is 6.92 Å². The first-order chi connectivity index (χ1) is 6.78. The highest BCUT2D eigenvalue weighted by Crippen LogP contribution is 2.32.